The lowest BCUT2D eigenvalue weighted by Crippen LogP contribution is -2.11. The minimum atomic E-state index is 0.881. The van der Waals surface area contributed by atoms with E-state index in [-0.39, 0.29) is 0 Å². The van der Waals surface area contributed by atoms with Crippen LogP contribution in [0, 0.1) is 0 Å². The second-order valence-electron chi connectivity index (χ2n) is 17.6. The summed E-state index contributed by atoms with van der Waals surface area (Å²) < 4.78 is 8.62. The highest BCUT2D eigenvalue weighted by Gasteiger charge is 2.25. The summed E-state index contributed by atoms with van der Waals surface area (Å²) in [6.07, 6.45) is 0.881. The Balaban J connectivity index is 0.967. The maximum absolute atomic E-state index is 6.20. The van der Waals surface area contributed by atoms with Gasteiger partial charge in [-0.05, 0) is 134 Å². The molecule has 0 fully saturated rings. The van der Waals surface area contributed by atoms with Crippen LogP contribution in [0.15, 0.2) is 235 Å². The maximum atomic E-state index is 6.20. The Kier molecular flexibility index (Phi) is 8.04. The third-order valence-electron chi connectivity index (χ3n) is 14.0. The van der Waals surface area contributed by atoms with Crippen LogP contribution < -0.4 is 4.90 Å². The largest absolute Gasteiger partial charge is 0.456 e. The fourth-order valence-electron chi connectivity index (χ4n) is 11.0. The number of furan rings is 1. The van der Waals surface area contributed by atoms with E-state index in [0.717, 1.165) is 62.2 Å². The fourth-order valence-corrected chi connectivity index (χ4v) is 11.0. The van der Waals surface area contributed by atoms with Crippen LogP contribution in [-0.4, -0.2) is 4.57 Å². The van der Waals surface area contributed by atoms with Crippen LogP contribution in [0.3, 0.4) is 0 Å². The molecule has 2 aromatic heterocycles. The lowest BCUT2D eigenvalue weighted by Gasteiger charge is -2.29. The van der Waals surface area contributed by atoms with Gasteiger partial charge in [-0.3, -0.25) is 0 Å². The van der Waals surface area contributed by atoms with Crippen molar-refractivity contribution in [1.29, 1.82) is 0 Å². The van der Waals surface area contributed by atoms with Gasteiger partial charge in [-0.25, -0.2) is 0 Å². The lowest BCUT2D eigenvalue weighted by atomic mass is 9.92. The summed E-state index contributed by atoms with van der Waals surface area (Å²) >= 11 is 0. The minimum Gasteiger partial charge on any atom is -0.456 e. The number of anilines is 3. The van der Waals surface area contributed by atoms with Crippen LogP contribution in [0.1, 0.15) is 11.1 Å². The molecule has 3 nitrogen and oxygen atoms in total. The van der Waals surface area contributed by atoms with E-state index in [1.165, 1.54) is 76.7 Å². The molecule has 1 aliphatic rings. The number of nitrogens with zero attached hydrogens (tertiary/aromatic N) is 2. The number of benzene rings is 11. The number of fused-ring (bicyclic) bond motifs is 12. The van der Waals surface area contributed by atoms with Crippen LogP contribution in [0.4, 0.5) is 17.1 Å². The molecule has 0 atom stereocenters. The molecule has 0 N–H and O–H groups in total. The molecule has 0 radical (unpaired) electrons. The van der Waals surface area contributed by atoms with Crippen molar-refractivity contribution in [2.24, 2.45) is 0 Å². The van der Waals surface area contributed by atoms with Gasteiger partial charge in [0.2, 0.25) is 0 Å². The number of hydrogen-bond acceptors (Lipinski definition) is 2. The Morgan fingerprint density at radius 3 is 1.82 bits per heavy atom. The molecule has 66 heavy (non-hydrogen) atoms. The Labute approximate surface area is 381 Å². The van der Waals surface area contributed by atoms with Crippen molar-refractivity contribution in [2.75, 3.05) is 4.90 Å². The third-order valence-corrected chi connectivity index (χ3v) is 14.0. The summed E-state index contributed by atoms with van der Waals surface area (Å²) in [5, 5.41) is 9.95. The smallest absolute Gasteiger partial charge is 0.135 e. The molecule has 2 bridgehead atoms. The normalized spacial score (nSPS) is 12.2. The maximum Gasteiger partial charge on any atom is 0.135 e. The van der Waals surface area contributed by atoms with Crippen molar-refractivity contribution in [1.82, 2.24) is 4.57 Å². The van der Waals surface area contributed by atoms with E-state index in [0.29, 0.717) is 0 Å². The van der Waals surface area contributed by atoms with Gasteiger partial charge >= 0.3 is 0 Å². The zero-order valence-corrected chi connectivity index (χ0v) is 35.9. The minimum absolute atomic E-state index is 0.881. The quantitative estimate of drug-likeness (QED) is 0.156. The Morgan fingerprint density at radius 1 is 0.364 bits per heavy atom. The summed E-state index contributed by atoms with van der Waals surface area (Å²) in [6, 6.07) is 84.5. The van der Waals surface area contributed by atoms with E-state index in [4.69, 9.17) is 4.42 Å². The molecule has 0 spiro atoms. The Hall–Kier alpha value is -8.66. The van der Waals surface area contributed by atoms with Gasteiger partial charge in [0.1, 0.15) is 11.2 Å². The van der Waals surface area contributed by atoms with E-state index in [2.05, 4.69) is 228 Å². The number of para-hydroxylation sites is 4. The fraction of sp³-hybridized carbons (Fsp3) is 0.0159. The molecule has 0 saturated heterocycles. The SMILES string of the molecule is c1ccc(-n2c3ccccc3c3cccc(-c4ccc(N(c5ccc(-c6ccc7oc8ccccc8c7c6)cc5)c5ccc6c7cc(c8ccccc86)Cc6ccccc6-c57)cc4)c32)cc1. The van der Waals surface area contributed by atoms with Gasteiger partial charge in [0.15, 0.2) is 0 Å². The first kappa shape index (κ1) is 36.8. The van der Waals surface area contributed by atoms with Crippen molar-refractivity contribution >= 4 is 82.4 Å². The highest BCUT2D eigenvalue weighted by Crippen LogP contribution is 2.50. The van der Waals surface area contributed by atoms with Crippen LogP contribution in [-0.2, 0) is 6.42 Å². The highest BCUT2D eigenvalue weighted by molar-refractivity contribution is 6.18. The first-order chi connectivity index (χ1) is 32.7. The van der Waals surface area contributed by atoms with Crippen molar-refractivity contribution in [3.8, 4) is 39.1 Å². The van der Waals surface area contributed by atoms with E-state index in [1.807, 2.05) is 12.1 Å². The summed E-state index contributed by atoms with van der Waals surface area (Å²) in [6.45, 7) is 0. The number of hydrogen-bond donors (Lipinski definition) is 0. The van der Waals surface area contributed by atoms with E-state index in [9.17, 15) is 0 Å². The molecule has 0 saturated carbocycles. The topological polar surface area (TPSA) is 21.3 Å². The van der Waals surface area contributed by atoms with E-state index >= 15 is 0 Å². The summed E-state index contributed by atoms with van der Waals surface area (Å²) in [5.41, 5.74) is 18.6. The number of aromatic nitrogens is 1. The summed E-state index contributed by atoms with van der Waals surface area (Å²) in [7, 11) is 0. The van der Waals surface area contributed by atoms with E-state index < -0.39 is 0 Å². The van der Waals surface area contributed by atoms with Crippen molar-refractivity contribution in [3.05, 3.63) is 242 Å². The zero-order chi connectivity index (χ0) is 43.3. The molecule has 0 unspecified atom stereocenters. The van der Waals surface area contributed by atoms with Crippen molar-refractivity contribution in [3.63, 3.8) is 0 Å². The first-order valence-electron chi connectivity index (χ1n) is 22.8. The van der Waals surface area contributed by atoms with Gasteiger partial charge in [-0.15, -0.1) is 0 Å². The Morgan fingerprint density at radius 2 is 0.985 bits per heavy atom. The molecule has 13 aromatic rings. The van der Waals surface area contributed by atoms with Crippen molar-refractivity contribution < 1.29 is 4.42 Å². The molecular weight excluding hydrogens is 801 g/mol. The molecule has 2 heterocycles. The van der Waals surface area contributed by atoms with Gasteiger partial charge < -0.3 is 13.9 Å². The second kappa shape index (κ2) is 14.4. The average Bonchev–Trinajstić information content (AvgIpc) is 3.87. The monoisotopic (exact) mass is 840 g/mol. The van der Waals surface area contributed by atoms with E-state index in [1.54, 1.807) is 0 Å². The van der Waals surface area contributed by atoms with Gasteiger partial charge in [0.25, 0.3) is 0 Å². The number of rotatable bonds is 6. The molecule has 14 rings (SSSR count). The van der Waals surface area contributed by atoms with Crippen molar-refractivity contribution in [2.45, 2.75) is 6.42 Å². The summed E-state index contributed by atoms with van der Waals surface area (Å²) in [4.78, 5) is 2.47. The third kappa shape index (κ3) is 5.57. The van der Waals surface area contributed by atoms with Crippen LogP contribution in [0.2, 0.25) is 0 Å². The van der Waals surface area contributed by atoms with Crippen LogP contribution in [0.25, 0.3) is 104 Å². The average molecular weight is 841 g/mol. The molecule has 308 valence electrons. The molecule has 1 aliphatic carbocycles. The lowest BCUT2D eigenvalue weighted by molar-refractivity contribution is 0.669. The molecule has 11 aromatic carbocycles. The van der Waals surface area contributed by atoms with Crippen LogP contribution >= 0.6 is 0 Å². The zero-order valence-electron chi connectivity index (χ0n) is 35.9. The predicted octanol–water partition coefficient (Wildman–Crippen LogP) is 17.4. The molecular formula is C63H40N2O. The summed E-state index contributed by atoms with van der Waals surface area (Å²) in [5.74, 6) is 0. The van der Waals surface area contributed by atoms with Gasteiger partial charge in [-0.1, -0.05) is 158 Å². The Bertz CT molecular complexity index is 4060. The second-order valence-corrected chi connectivity index (χ2v) is 17.6. The standard InChI is InChI=1S/C63H40N2O/c1-2-14-45(15-3-1)65-58-23-10-8-19-53(58)55-22-12-21-50(63(55)65)41-27-32-47(33-28-41)64(46-30-25-40(26-31-46)42-29-36-61-56(38-42)54-20-9-11-24-60(54)66-61)59-35-34-52-51-18-7-6-16-48(51)44-37-43-13-4-5-17-49(43)62(59)57(52)39-44/h1-36,38-39H,37H2. The van der Waals surface area contributed by atoms with Gasteiger partial charge in [0.05, 0.1) is 16.7 Å². The molecule has 3 heteroatoms. The molecule has 0 aliphatic heterocycles. The first-order valence-corrected chi connectivity index (χ1v) is 22.8. The highest BCUT2D eigenvalue weighted by atomic mass is 16.3. The van der Waals surface area contributed by atoms with Crippen LogP contribution in [0.5, 0.6) is 0 Å². The van der Waals surface area contributed by atoms with Gasteiger partial charge in [-0.2, -0.15) is 0 Å². The molecule has 0 amide bonds. The van der Waals surface area contributed by atoms with Gasteiger partial charge in [0, 0.05) is 49.7 Å². The predicted molar refractivity (Wildman–Crippen MR) is 277 cm³/mol.